The number of hydrogen-bond donors (Lipinski definition) is 2. The second-order valence-corrected chi connectivity index (χ2v) is 2.82. The molecule has 3 heteroatoms. The fourth-order valence-corrected chi connectivity index (χ4v) is 0.498. The average molecular weight is 158 g/mol. The Kier molecular flexibility index (Phi) is 4.88. The molecule has 0 spiro atoms. The molecule has 0 aromatic heterocycles. The number of ether oxygens (including phenoxy) is 1. The van der Waals surface area contributed by atoms with Crippen LogP contribution in [-0.2, 0) is 4.74 Å². The standard InChI is InChI=1S/C8H14O3/c1-3-4-11-7-8(2,5-9)6-10/h1,9-10H,4-7H2,2H3. The van der Waals surface area contributed by atoms with Gasteiger partial charge in [0.2, 0.25) is 0 Å². The van der Waals surface area contributed by atoms with Crippen LogP contribution in [0.1, 0.15) is 6.92 Å². The van der Waals surface area contributed by atoms with Crippen LogP contribution in [0.2, 0.25) is 0 Å². The normalized spacial score (nSPS) is 11.1. The van der Waals surface area contributed by atoms with Crippen molar-refractivity contribution in [1.82, 2.24) is 0 Å². The molecule has 0 aromatic carbocycles. The number of terminal acetylenes is 1. The molecule has 0 heterocycles. The Morgan fingerprint density at radius 2 is 2.00 bits per heavy atom. The maximum Gasteiger partial charge on any atom is 0.107 e. The fourth-order valence-electron chi connectivity index (χ4n) is 0.498. The summed E-state index contributed by atoms with van der Waals surface area (Å²) >= 11 is 0. The molecule has 0 unspecified atom stereocenters. The van der Waals surface area contributed by atoms with E-state index in [9.17, 15) is 0 Å². The number of hydrogen-bond acceptors (Lipinski definition) is 3. The zero-order valence-corrected chi connectivity index (χ0v) is 6.71. The molecule has 0 saturated carbocycles. The Morgan fingerprint density at radius 3 is 2.36 bits per heavy atom. The summed E-state index contributed by atoms with van der Waals surface area (Å²) in [6.07, 6.45) is 4.94. The molecule has 11 heavy (non-hydrogen) atoms. The van der Waals surface area contributed by atoms with E-state index in [-0.39, 0.29) is 26.4 Å². The van der Waals surface area contributed by atoms with E-state index in [1.807, 2.05) is 0 Å². The van der Waals surface area contributed by atoms with E-state index >= 15 is 0 Å². The van der Waals surface area contributed by atoms with Crippen LogP contribution in [-0.4, -0.2) is 36.6 Å². The number of rotatable bonds is 5. The van der Waals surface area contributed by atoms with Crippen LogP contribution in [0.15, 0.2) is 0 Å². The second-order valence-electron chi connectivity index (χ2n) is 2.82. The quantitative estimate of drug-likeness (QED) is 0.424. The third-order valence-corrected chi connectivity index (χ3v) is 1.40. The topological polar surface area (TPSA) is 49.7 Å². The second kappa shape index (κ2) is 5.14. The predicted molar refractivity (Wildman–Crippen MR) is 41.9 cm³/mol. The van der Waals surface area contributed by atoms with Crippen LogP contribution >= 0.6 is 0 Å². The third kappa shape index (κ3) is 3.99. The molecule has 0 saturated heterocycles. The molecule has 0 amide bonds. The van der Waals surface area contributed by atoms with Gasteiger partial charge in [0.15, 0.2) is 0 Å². The van der Waals surface area contributed by atoms with Crippen molar-refractivity contribution in [3.8, 4) is 12.3 Å². The monoisotopic (exact) mass is 158 g/mol. The lowest BCUT2D eigenvalue weighted by Gasteiger charge is -2.23. The van der Waals surface area contributed by atoms with Gasteiger partial charge in [-0.3, -0.25) is 0 Å². The molecule has 0 aliphatic rings. The minimum atomic E-state index is -0.573. The van der Waals surface area contributed by atoms with E-state index in [4.69, 9.17) is 21.4 Å². The lowest BCUT2D eigenvalue weighted by Crippen LogP contribution is -2.31. The zero-order valence-electron chi connectivity index (χ0n) is 6.71. The summed E-state index contributed by atoms with van der Waals surface area (Å²) in [6.45, 7) is 2.02. The summed E-state index contributed by atoms with van der Waals surface area (Å²) in [5, 5.41) is 17.6. The summed E-state index contributed by atoms with van der Waals surface area (Å²) in [5.41, 5.74) is -0.573. The zero-order chi connectivity index (χ0) is 8.74. The minimum Gasteiger partial charge on any atom is -0.396 e. The number of aliphatic hydroxyl groups is 2. The van der Waals surface area contributed by atoms with Gasteiger partial charge in [0.25, 0.3) is 0 Å². The molecule has 0 rings (SSSR count). The van der Waals surface area contributed by atoms with Crippen molar-refractivity contribution in [3.05, 3.63) is 0 Å². The smallest absolute Gasteiger partial charge is 0.107 e. The van der Waals surface area contributed by atoms with Gasteiger partial charge in [0, 0.05) is 5.41 Å². The summed E-state index contributed by atoms with van der Waals surface area (Å²) in [7, 11) is 0. The highest BCUT2D eigenvalue weighted by molar-refractivity contribution is 4.83. The van der Waals surface area contributed by atoms with Crippen LogP contribution in [0.3, 0.4) is 0 Å². The highest BCUT2D eigenvalue weighted by Crippen LogP contribution is 2.13. The van der Waals surface area contributed by atoms with Crippen LogP contribution < -0.4 is 0 Å². The van der Waals surface area contributed by atoms with Gasteiger partial charge in [0.1, 0.15) is 6.61 Å². The first-order chi connectivity index (χ1) is 5.18. The van der Waals surface area contributed by atoms with Gasteiger partial charge >= 0.3 is 0 Å². The highest BCUT2D eigenvalue weighted by Gasteiger charge is 2.22. The molecule has 3 nitrogen and oxygen atoms in total. The molecule has 0 aliphatic carbocycles. The van der Waals surface area contributed by atoms with Crippen molar-refractivity contribution in [3.63, 3.8) is 0 Å². The largest absolute Gasteiger partial charge is 0.396 e. The first-order valence-corrected chi connectivity index (χ1v) is 3.41. The summed E-state index contributed by atoms with van der Waals surface area (Å²) < 4.78 is 4.97. The molecular formula is C8H14O3. The summed E-state index contributed by atoms with van der Waals surface area (Å²) in [6, 6.07) is 0. The fraction of sp³-hybridized carbons (Fsp3) is 0.750. The van der Waals surface area contributed by atoms with Crippen molar-refractivity contribution in [2.75, 3.05) is 26.4 Å². The minimum absolute atomic E-state index is 0.103. The van der Waals surface area contributed by atoms with E-state index in [0.29, 0.717) is 0 Å². The maximum absolute atomic E-state index is 8.79. The molecule has 0 aromatic rings. The van der Waals surface area contributed by atoms with Crippen LogP contribution in [0, 0.1) is 17.8 Å². The lowest BCUT2D eigenvalue weighted by molar-refractivity contribution is -0.00686. The molecule has 0 fully saturated rings. The molecule has 0 bridgehead atoms. The Morgan fingerprint density at radius 1 is 1.45 bits per heavy atom. The molecule has 64 valence electrons. The van der Waals surface area contributed by atoms with Crippen molar-refractivity contribution < 1.29 is 14.9 Å². The average Bonchev–Trinajstić information content (AvgIpc) is 2.05. The Labute approximate surface area is 67.0 Å². The molecule has 0 atom stereocenters. The van der Waals surface area contributed by atoms with Gasteiger partial charge in [0.05, 0.1) is 19.8 Å². The van der Waals surface area contributed by atoms with E-state index in [2.05, 4.69) is 5.92 Å². The van der Waals surface area contributed by atoms with Crippen molar-refractivity contribution in [1.29, 1.82) is 0 Å². The maximum atomic E-state index is 8.79. The van der Waals surface area contributed by atoms with Gasteiger partial charge in [-0.25, -0.2) is 0 Å². The van der Waals surface area contributed by atoms with E-state index < -0.39 is 5.41 Å². The molecule has 2 N–H and O–H groups in total. The van der Waals surface area contributed by atoms with Crippen molar-refractivity contribution >= 4 is 0 Å². The lowest BCUT2D eigenvalue weighted by atomic mass is 9.95. The Bertz CT molecular complexity index is 133. The summed E-state index contributed by atoms with van der Waals surface area (Å²) in [5.74, 6) is 2.30. The first kappa shape index (κ1) is 10.4. The third-order valence-electron chi connectivity index (χ3n) is 1.40. The SMILES string of the molecule is C#CCOCC(C)(CO)CO. The Balaban J connectivity index is 3.62. The Hall–Kier alpha value is -0.560. The van der Waals surface area contributed by atoms with Crippen molar-refractivity contribution in [2.24, 2.45) is 5.41 Å². The van der Waals surface area contributed by atoms with Crippen LogP contribution in [0.25, 0.3) is 0 Å². The van der Waals surface area contributed by atoms with Gasteiger partial charge in [-0.2, -0.15) is 0 Å². The summed E-state index contributed by atoms with van der Waals surface area (Å²) in [4.78, 5) is 0. The molecule has 0 radical (unpaired) electrons. The van der Waals surface area contributed by atoms with Crippen LogP contribution in [0.5, 0.6) is 0 Å². The van der Waals surface area contributed by atoms with Gasteiger partial charge in [-0.05, 0) is 0 Å². The van der Waals surface area contributed by atoms with E-state index in [1.165, 1.54) is 0 Å². The highest BCUT2D eigenvalue weighted by atomic mass is 16.5. The van der Waals surface area contributed by atoms with E-state index in [0.717, 1.165) is 0 Å². The van der Waals surface area contributed by atoms with E-state index in [1.54, 1.807) is 6.92 Å². The molecular weight excluding hydrogens is 144 g/mol. The van der Waals surface area contributed by atoms with Crippen molar-refractivity contribution in [2.45, 2.75) is 6.92 Å². The van der Waals surface area contributed by atoms with Gasteiger partial charge in [-0.1, -0.05) is 12.8 Å². The predicted octanol–water partition coefficient (Wildman–Crippen LogP) is -0.373. The van der Waals surface area contributed by atoms with Crippen LogP contribution in [0.4, 0.5) is 0 Å². The molecule has 0 aliphatic heterocycles. The first-order valence-electron chi connectivity index (χ1n) is 3.41. The van der Waals surface area contributed by atoms with Gasteiger partial charge < -0.3 is 14.9 Å². The van der Waals surface area contributed by atoms with Gasteiger partial charge in [-0.15, -0.1) is 6.42 Å². The number of aliphatic hydroxyl groups excluding tert-OH is 2.